The molecule has 0 atom stereocenters. The van der Waals surface area contributed by atoms with Crippen molar-refractivity contribution in [3.8, 4) is 0 Å². The van der Waals surface area contributed by atoms with Gasteiger partial charge in [-0.1, -0.05) is 11.6 Å². The van der Waals surface area contributed by atoms with Gasteiger partial charge in [-0.3, -0.25) is 9.59 Å². The minimum Gasteiger partial charge on any atom is -0.478 e. The van der Waals surface area contributed by atoms with Crippen LogP contribution in [0.2, 0.25) is 5.02 Å². The quantitative estimate of drug-likeness (QED) is 0.677. The molecule has 1 amide bonds. The van der Waals surface area contributed by atoms with Crippen LogP contribution < -0.4 is 4.90 Å². The topological polar surface area (TPSA) is 74.7 Å². The molecule has 0 aliphatic carbocycles. The van der Waals surface area contributed by atoms with Gasteiger partial charge >= 0.3 is 5.97 Å². The maximum atomic E-state index is 11.9. The van der Waals surface area contributed by atoms with Crippen molar-refractivity contribution in [3.05, 3.63) is 40.4 Å². The van der Waals surface area contributed by atoms with E-state index in [2.05, 4.69) is 0 Å². The number of anilines is 1. The van der Waals surface area contributed by atoms with Crippen molar-refractivity contribution in [3.63, 3.8) is 0 Å². The molecule has 1 heterocycles. The number of nitrogens with zero attached hydrogens (tertiary/aromatic N) is 1. The monoisotopic (exact) mass is 279 g/mol. The summed E-state index contributed by atoms with van der Waals surface area (Å²) in [4.78, 5) is 35.4. The Kier molecular flexibility index (Phi) is 3.40. The van der Waals surface area contributed by atoms with Crippen LogP contribution in [0.4, 0.5) is 5.69 Å². The van der Waals surface area contributed by atoms with E-state index in [-0.39, 0.29) is 12.1 Å². The summed E-state index contributed by atoms with van der Waals surface area (Å²) < 4.78 is 0. The van der Waals surface area contributed by atoms with Crippen molar-refractivity contribution in [2.75, 3.05) is 11.4 Å². The van der Waals surface area contributed by atoms with E-state index in [4.69, 9.17) is 16.7 Å². The highest BCUT2D eigenvalue weighted by Crippen LogP contribution is 2.31. The third kappa shape index (κ3) is 2.51. The van der Waals surface area contributed by atoms with Gasteiger partial charge < -0.3 is 10.0 Å². The molecule has 98 valence electrons. The van der Waals surface area contributed by atoms with Crippen molar-refractivity contribution < 1.29 is 19.5 Å². The normalized spacial score (nSPS) is 14.8. The molecule has 5 nitrogen and oxygen atoms in total. The second kappa shape index (κ2) is 4.85. The van der Waals surface area contributed by atoms with Gasteiger partial charge in [-0.25, -0.2) is 4.79 Å². The lowest BCUT2D eigenvalue weighted by atomic mass is 10.1. The van der Waals surface area contributed by atoms with Crippen LogP contribution in [0.3, 0.4) is 0 Å². The van der Waals surface area contributed by atoms with Crippen LogP contribution in [-0.4, -0.2) is 29.3 Å². The zero-order valence-electron chi connectivity index (χ0n) is 10.0. The lowest BCUT2D eigenvalue weighted by Gasteiger charge is -2.16. The second-order valence-electron chi connectivity index (χ2n) is 4.21. The molecule has 1 aromatic rings. The first-order chi connectivity index (χ1) is 8.90. The van der Waals surface area contributed by atoms with Crippen molar-refractivity contribution in [1.29, 1.82) is 0 Å². The summed E-state index contributed by atoms with van der Waals surface area (Å²) in [7, 11) is 0. The number of hydrogen-bond acceptors (Lipinski definition) is 3. The maximum Gasteiger partial charge on any atom is 0.328 e. The highest BCUT2D eigenvalue weighted by atomic mass is 35.5. The van der Waals surface area contributed by atoms with E-state index in [9.17, 15) is 14.4 Å². The molecular weight excluding hydrogens is 270 g/mol. The van der Waals surface area contributed by atoms with Gasteiger partial charge in [-0.05, 0) is 30.7 Å². The van der Waals surface area contributed by atoms with Crippen LogP contribution in [0.15, 0.2) is 29.8 Å². The number of carbonyl (C=O) groups is 3. The smallest absolute Gasteiger partial charge is 0.328 e. The van der Waals surface area contributed by atoms with E-state index in [0.29, 0.717) is 16.3 Å². The second-order valence-corrected chi connectivity index (χ2v) is 4.65. The number of fused-ring (bicyclic) bond motifs is 1. The van der Waals surface area contributed by atoms with Crippen molar-refractivity contribution in [1.82, 2.24) is 0 Å². The first-order valence-electron chi connectivity index (χ1n) is 5.46. The number of hydrogen-bond donors (Lipinski definition) is 1. The fourth-order valence-corrected chi connectivity index (χ4v) is 2.10. The number of carboxylic acids is 1. The first kappa shape index (κ1) is 13.3. The minimum atomic E-state index is -1.10. The van der Waals surface area contributed by atoms with Gasteiger partial charge in [-0.15, -0.1) is 0 Å². The summed E-state index contributed by atoms with van der Waals surface area (Å²) in [6.07, 6.45) is 1.00. The summed E-state index contributed by atoms with van der Waals surface area (Å²) in [6, 6.07) is 4.55. The standard InChI is InChI=1S/C13H10ClNO4/c1-7(4-11(16)17)6-15-10-5-8(14)2-3-9(10)12(18)13(15)19/h2-5H,6H2,1H3,(H,16,17). The lowest BCUT2D eigenvalue weighted by molar-refractivity contribution is -0.131. The van der Waals surface area contributed by atoms with Crippen LogP contribution in [0.5, 0.6) is 0 Å². The first-order valence-corrected chi connectivity index (χ1v) is 5.84. The molecule has 1 aromatic carbocycles. The molecule has 19 heavy (non-hydrogen) atoms. The Morgan fingerprint density at radius 3 is 2.74 bits per heavy atom. The van der Waals surface area contributed by atoms with Gasteiger partial charge in [0.15, 0.2) is 0 Å². The van der Waals surface area contributed by atoms with Crippen molar-refractivity contribution in [2.24, 2.45) is 0 Å². The van der Waals surface area contributed by atoms with Gasteiger partial charge in [0.05, 0.1) is 11.3 Å². The van der Waals surface area contributed by atoms with E-state index in [1.165, 1.54) is 23.1 Å². The number of rotatable bonds is 3. The van der Waals surface area contributed by atoms with Crippen LogP contribution in [0, 0.1) is 0 Å². The number of carbonyl (C=O) groups excluding carboxylic acids is 2. The Balaban J connectivity index is 2.38. The van der Waals surface area contributed by atoms with Crippen LogP contribution in [0.1, 0.15) is 17.3 Å². The summed E-state index contributed by atoms with van der Waals surface area (Å²) in [5.41, 5.74) is 1.17. The molecule has 2 rings (SSSR count). The summed E-state index contributed by atoms with van der Waals surface area (Å²) in [5, 5.41) is 9.06. The summed E-state index contributed by atoms with van der Waals surface area (Å²) in [6.45, 7) is 1.62. The number of Topliss-reactive ketones (excluding diaryl/α,β-unsaturated/α-hetero) is 1. The van der Waals surface area contributed by atoms with Gasteiger partial charge in [-0.2, -0.15) is 0 Å². The molecule has 0 aromatic heterocycles. The fraction of sp³-hybridized carbons (Fsp3) is 0.154. The van der Waals surface area contributed by atoms with Crippen LogP contribution in [0.25, 0.3) is 0 Å². The molecule has 0 spiro atoms. The molecule has 0 unspecified atom stereocenters. The summed E-state index contributed by atoms with van der Waals surface area (Å²) in [5.74, 6) is -2.37. The summed E-state index contributed by atoms with van der Waals surface area (Å²) >= 11 is 5.85. The van der Waals surface area contributed by atoms with Crippen molar-refractivity contribution >= 4 is 34.9 Å². The van der Waals surface area contributed by atoms with Crippen LogP contribution in [-0.2, 0) is 9.59 Å². The predicted octanol–water partition coefficient (Wildman–Crippen LogP) is 1.90. The number of aliphatic carboxylic acids is 1. The molecule has 0 radical (unpaired) electrons. The molecule has 1 aliphatic heterocycles. The number of carboxylic acid groups (broad SMARTS) is 1. The molecule has 1 aliphatic rings. The van der Waals surface area contributed by atoms with Gasteiger partial charge in [0.1, 0.15) is 0 Å². The largest absolute Gasteiger partial charge is 0.478 e. The SMILES string of the molecule is CC(=CC(=O)O)CN1C(=O)C(=O)c2ccc(Cl)cc21. The third-order valence-electron chi connectivity index (χ3n) is 2.71. The molecule has 0 saturated carbocycles. The van der Waals surface area contributed by atoms with Gasteiger partial charge in [0, 0.05) is 17.6 Å². The zero-order valence-corrected chi connectivity index (χ0v) is 10.8. The highest BCUT2D eigenvalue weighted by molar-refractivity contribution is 6.52. The lowest BCUT2D eigenvalue weighted by Crippen LogP contribution is -2.31. The number of ketones is 1. The Morgan fingerprint density at radius 2 is 2.11 bits per heavy atom. The Morgan fingerprint density at radius 1 is 1.42 bits per heavy atom. The van der Waals surface area contributed by atoms with E-state index in [1.54, 1.807) is 6.92 Å². The number of halogens is 1. The molecule has 1 N–H and O–H groups in total. The van der Waals surface area contributed by atoms with Crippen LogP contribution >= 0.6 is 11.6 Å². The Bertz CT molecular complexity index is 621. The minimum absolute atomic E-state index is 0.0458. The van der Waals surface area contributed by atoms with E-state index in [1.807, 2.05) is 0 Å². The molecule has 0 bridgehead atoms. The third-order valence-corrected chi connectivity index (χ3v) is 2.95. The Labute approximate surface area is 114 Å². The van der Waals surface area contributed by atoms with E-state index >= 15 is 0 Å². The zero-order chi connectivity index (χ0) is 14.2. The predicted molar refractivity (Wildman–Crippen MR) is 69.5 cm³/mol. The molecular formula is C13H10ClNO4. The molecule has 0 saturated heterocycles. The highest BCUT2D eigenvalue weighted by Gasteiger charge is 2.35. The van der Waals surface area contributed by atoms with Gasteiger partial charge in [0.25, 0.3) is 11.7 Å². The number of benzene rings is 1. The Hall–Kier alpha value is -2.14. The fourth-order valence-electron chi connectivity index (χ4n) is 1.93. The maximum absolute atomic E-state index is 11.9. The average Bonchev–Trinajstić information content (AvgIpc) is 2.53. The van der Waals surface area contributed by atoms with Crippen molar-refractivity contribution in [2.45, 2.75) is 6.92 Å². The number of amides is 1. The van der Waals surface area contributed by atoms with E-state index in [0.717, 1.165) is 6.08 Å². The molecule has 0 fully saturated rings. The average molecular weight is 280 g/mol. The molecule has 6 heteroatoms. The van der Waals surface area contributed by atoms with E-state index < -0.39 is 17.7 Å². The van der Waals surface area contributed by atoms with Gasteiger partial charge in [0.2, 0.25) is 0 Å².